The van der Waals surface area contributed by atoms with Crippen LogP contribution in [0, 0.1) is 5.82 Å². The summed E-state index contributed by atoms with van der Waals surface area (Å²) in [5.74, 6) is -0.100. The second-order valence-electron chi connectivity index (χ2n) is 5.92. The molecule has 0 amide bonds. The van der Waals surface area contributed by atoms with E-state index < -0.39 is 0 Å². The summed E-state index contributed by atoms with van der Waals surface area (Å²) in [7, 11) is 0. The summed E-state index contributed by atoms with van der Waals surface area (Å²) >= 11 is 1.39. The molecule has 0 radical (unpaired) electrons. The summed E-state index contributed by atoms with van der Waals surface area (Å²) in [5.41, 5.74) is 14.1. The predicted octanol–water partition coefficient (Wildman–Crippen LogP) is 4.06. The van der Waals surface area contributed by atoms with E-state index in [1.54, 1.807) is 18.5 Å². The highest BCUT2D eigenvalue weighted by Crippen LogP contribution is 2.35. The highest BCUT2D eigenvalue weighted by atomic mass is 32.2. The molecule has 4 aromatic rings. The third kappa shape index (κ3) is 3.77. The third-order valence-electron chi connectivity index (χ3n) is 3.96. The first-order chi connectivity index (χ1) is 13.6. The maximum Gasteiger partial charge on any atom is 0.192 e. The summed E-state index contributed by atoms with van der Waals surface area (Å²) in [5, 5.41) is 0.566. The summed E-state index contributed by atoms with van der Waals surface area (Å²) in [4.78, 5) is 17.4. The van der Waals surface area contributed by atoms with Gasteiger partial charge in [-0.15, -0.1) is 0 Å². The van der Waals surface area contributed by atoms with Crippen molar-refractivity contribution in [2.24, 2.45) is 0 Å². The maximum atomic E-state index is 14.8. The lowest BCUT2D eigenvalue weighted by molar-refractivity contribution is 0.631. The molecular weight excluding hydrogens is 375 g/mol. The van der Waals surface area contributed by atoms with Crippen LogP contribution in [0.15, 0.2) is 77.3 Å². The van der Waals surface area contributed by atoms with E-state index in [1.807, 2.05) is 30.3 Å². The Morgan fingerprint density at radius 1 is 0.786 bits per heavy atom. The number of rotatable bonds is 4. The molecule has 0 atom stereocenters. The first kappa shape index (κ1) is 17.9. The number of anilines is 2. The van der Waals surface area contributed by atoms with Gasteiger partial charge < -0.3 is 11.5 Å². The number of benzene rings is 2. The van der Waals surface area contributed by atoms with Crippen molar-refractivity contribution in [3.63, 3.8) is 0 Å². The predicted molar refractivity (Wildman–Crippen MR) is 108 cm³/mol. The Morgan fingerprint density at radius 3 is 2.29 bits per heavy atom. The highest BCUT2D eigenvalue weighted by molar-refractivity contribution is 7.99. The Hall–Kier alpha value is -3.52. The molecule has 0 spiro atoms. The van der Waals surface area contributed by atoms with Crippen molar-refractivity contribution in [3.8, 4) is 22.4 Å². The number of nitrogen functional groups attached to an aromatic ring is 2. The Morgan fingerprint density at radius 2 is 1.57 bits per heavy atom. The molecule has 0 aliphatic heterocycles. The van der Waals surface area contributed by atoms with Crippen molar-refractivity contribution < 1.29 is 4.39 Å². The van der Waals surface area contributed by atoms with Crippen LogP contribution in [0.2, 0.25) is 0 Å². The molecule has 138 valence electrons. The second kappa shape index (κ2) is 7.61. The average molecular weight is 390 g/mol. The highest BCUT2D eigenvalue weighted by Gasteiger charge is 2.12. The number of nitrogens with zero attached hydrogens (tertiary/aromatic N) is 4. The molecule has 4 N–H and O–H groups in total. The van der Waals surface area contributed by atoms with Crippen LogP contribution < -0.4 is 11.5 Å². The number of nitrogens with two attached hydrogens (primary N) is 2. The molecule has 0 unspecified atom stereocenters. The molecule has 6 nitrogen and oxygen atoms in total. The van der Waals surface area contributed by atoms with Crippen LogP contribution in [0.25, 0.3) is 22.4 Å². The van der Waals surface area contributed by atoms with Gasteiger partial charge in [0, 0.05) is 10.5 Å². The summed E-state index contributed by atoms with van der Waals surface area (Å²) in [6.07, 6.45) is 5.97. The molecule has 0 saturated carbocycles. The van der Waals surface area contributed by atoms with Gasteiger partial charge in [-0.2, -0.15) is 0 Å². The molecular formula is C20H15FN6S. The lowest BCUT2D eigenvalue weighted by Crippen LogP contribution is -1.95. The van der Waals surface area contributed by atoms with E-state index >= 15 is 0 Å². The van der Waals surface area contributed by atoms with Gasteiger partial charge in [0.2, 0.25) is 0 Å². The van der Waals surface area contributed by atoms with E-state index in [0.717, 1.165) is 16.0 Å². The number of aromatic nitrogens is 4. The van der Waals surface area contributed by atoms with Gasteiger partial charge in [0.25, 0.3) is 0 Å². The minimum Gasteiger partial charge on any atom is -0.396 e. The summed E-state index contributed by atoms with van der Waals surface area (Å²) < 4.78 is 14.8. The van der Waals surface area contributed by atoms with E-state index in [0.29, 0.717) is 22.1 Å². The van der Waals surface area contributed by atoms with Crippen LogP contribution in [0.5, 0.6) is 0 Å². The minimum atomic E-state index is -0.389. The van der Waals surface area contributed by atoms with Crippen molar-refractivity contribution >= 4 is 23.3 Å². The van der Waals surface area contributed by atoms with Gasteiger partial charge in [-0.3, -0.25) is 4.98 Å². The van der Waals surface area contributed by atoms with Crippen LogP contribution >= 0.6 is 11.8 Å². The van der Waals surface area contributed by atoms with Gasteiger partial charge in [0.1, 0.15) is 11.6 Å². The molecule has 0 bridgehead atoms. The lowest BCUT2D eigenvalue weighted by atomic mass is 10.0. The quantitative estimate of drug-likeness (QED) is 0.507. The fourth-order valence-electron chi connectivity index (χ4n) is 2.64. The van der Waals surface area contributed by atoms with E-state index in [1.165, 1.54) is 30.2 Å². The number of hydrogen-bond acceptors (Lipinski definition) is 7. The van der Waals surface area contributed by atoms with Crippen LogP contribution in [0.1, 0.15) is 0 Å². The molecule has 0 fully saturated rings. The van der Waals surface area contributed by atoms with Gasteiger partial charge in [-0.05, 0) is 41.1 Å². The normalized spacial score (nSPS) is 10.8. The first-order valence-electron chi connectivity index (χ1n) is 8.32. The molecule has 2 aromatic carbocycles. The zero-order valence-corrected chi connectivity index (χ0v) is 15.4. The van der Waals surface area contributed by atoms with Crippen molar-refractivity contribution in [1.29, 1.82) is 0 Å². The smallest absolute Gasteiger partial charge is 0.192 e. The largest absolute Gasteiger partial charge is 0.396 e. The monoisotopic (exact) mass is 390 g/mol. The van der Waals surface area contributed by atoms with Crippen molar-refractivity contribution in [1.82, 2.24) is 19.9 Å². The summed E-state index contributed by atoms with van der Waals surface area (Å²) in [6.45, 7) is 0. The Bertz CT molecular complexity index is 1120. The van der Waals surface area contributed by atoms with Crippen LogP contribution in [-0.4, -0.2) is 19.9 Å². The third-order valence-corrected chi connectivity index (χ3v) is 4.93. The molecule has 2 heterocycles. The van der Waals surface area contributed by atoms with Gasteiger partial charge in [-0.25, -0.2) is 19.3 Å². The van der Waals surface area contributed by atoms with Crippen LogP contribution in [0.4, 0.5) is 15.9 Å². The Labute approximate surface area is 164 Å². The van der Waals surface area contributed by atoms with Gasteiger partial charge in [0.05, 0.1) is 36.2 Å². The molecule has 8 heteroatoms. The number of hydrogen-bond donors (Lipinski definition) is 2. The fraction of sp³-hybridized carbons (Fsp3) is 0. The zero-order valence-electron chi connectivity index (χ0n) is 14.6. The molecule has 0 aliphatic carbocycles. The molecule has 28 heavy (non-hydrogen) atoms. The van der Waals surface area contributed by atoms with Crippen molar-refractivity contribution in [2.45, 2.75) is 10.1 Å². The van der Waals surface area contributed by atoms with E-state index in [9.17, 15) is 4.39 Å². The molecule has 0 saturated heterocycles. The Balaban J connectivity index is 1.68. The standard InChI is InChI=1S/C20H15FN6S/c21-16-7-12(5-6-15(16)17-10-25-19(23)11-24-17)14-3-1-2-4-18(14)28-20-26-8-13(22)9-27-20/h1-11H,22H2,(H2,23,25). The Kier molecular flexibility index (Phi) is 4.86. The number of halogens is 1. The molecule has 2 aromatic heterocycles. The van der Waals surface area contributed by atoms with Crippen LogP contribution in [-0.2, 0) is 0 Å². The molecule has 4 rings (SSSR count). The topological polar surface area (TPSA) is 104 Å². The maximum absolute atomic E-state index is 14.8. The van der Waals surface area contributed by atoms with Gasteiger partial charge in [0.15, 0.2) is 5.16 Å². The van der Waals surface area contributed by atoms with Crippen molar-refractivity contribution in [2.75, 3.05) is 11.5 Å². The zero-order chi connectivity index (χ0) is 19.5. The van der Waals surface area contributed by atoms with Crippen LogP contribution in [0.3, 0.4) is 0 Å². The SMILES string of the molecule is Nc1cnc(Sc2ccccc2-c2ccc(-c3cnc(N)cn3)c(F)c2)nc1. The van der Waals surface area contributed by atoms with Gasteiger partial charge >= 0.3 is 0 Å². The van der Waals surface area contributed by atoms with E-state index in [-0.39, 0.29) is 11.6 Å². The lowest BCUT2D eigenvalue weighted by Gasteiger charge is -2.10. The minimum absolute atomic E-state index is 0.289. The van der Waals surface area contributed by atoms with E-state index in [2.05, 4.69) is 19.9 Å². The summed E-state index contributed by atoms with van der Waals surface area (Å²) in [6, 6.07) is 12.7. The first-order valence-corrected chi connectivity index (χ1v) is 9.14. The fourth-order valence-corrected chi connectivity index (χ4v) is 3.49. The average Bonchev–Trinajstić information content (AvgIpc) is 2.71. The second-order valence-corrected chi connectivity index (χ2v) is 6.93. The van der Waals surface area contributed by atoms with Gasteiger partial charge in [-0.1, -0.05) is 24.3 Å². The van der Waals surface area contributed by atoms with E-state index in [4.69, 9.17) is 11.5 Å². The van der Waals surface area contributed by atoms with Crippen molar-refractivity contribution in [3.05, 3.63) is 73.1 Å². The molecule has 0 aliphatic rings.